The number of nitrogens with zero attached hydrogens (tertiary/aromatic N) is 3. The van der Waals surface area contributed by atoms with E-state index in [4.69, 9.17) is 10.8 Å². The summed E-state index contributed by atoms with van der Waals surface area (Å²) >= 11 is 0. The van der Waals surface area contributed by atoms with Crippen molar-refractivity contribution in [2.75, 3.05) is 25.4 Å². The molecule has 17 heavy (non-hydrogen) atoms. The van der Waals surface area contributed by atoms with Crippen LogP contribution in [0.3, 0.4) is 0 Å². The fraction of sp³-hybridized carbons (Fsp3) is 0.636. The van der Waals surface area contributed by atoms with Gasteiger partial charge < -0.3 is 15.7 Å². The zero-order valence-corrected chi connectivity index (χ0v) is 10.6. The molecule has 0 aliphatic rings. The maximum absolute atomic E-state index is 11.9. The number of hydrogen-bond donors (Lipinski definition) is 2. The summed E-state index contributed by atoms with van der Waals surface area (Å²) in [7, 11) is 0. The third kappa shape index (κ3) is 2.97. The number of likely N-dealkylation sites (N-methyl/N-ethyl adjacent to an activating group) is 1. The van der Waals surface area contributed by atoms with Crippen molar-refractivity contribution in [1.29, 1.82) is 0 Å². The van der Waals surface area contributed by atoms with Crippen LogP contribution >= 0.6 is 0 Å². The zero-order valence-electron chi connectivity index (χ0n) is 10.6. The summed E-state index contributed by atoms with van der Waals surface area (Å²) in [5.41, 5.74) is 7.96. The van der Waals surface area contributed by atoms with Crippen molar-refractivity contribution in [3.8, 4) is 0 Å². The molecular formula is C11H20N4O2. The van der Waals surface area contributed by atoms with Crippen LogP contribution in [0.1, 0.15) is 18.3 Å². The van der Waals surface area contributed by atoms with Crippen molar-refractivity contribution < 1.29 is 9.90 Å². The molecule has 1 rings (SSSR count). The topological polar surface area (TPSA) is 84.4 Å². The van der Waals surface area contributed by atoms with Gasteiger partial charge in [0, 0.05) is 13.1 Å². The molecule has 96 valence electrons. The number of nitrogens with two attached hydrogens (primary N) is 1. The fourth-order valence-corrected chi connectivity index (χ4v) is 1.67. The minimum atomic E-state index is -0.0628. The molecule has 1 heterocycles. The third-order valence-electron chi connectivity index (χ3n) is 2.83. The third-order valence-corrected chi connectivity index (χ3v) is 2.83. The number of hydrogen-bond acceptors (Lipinski definition) is 4. The second kappa shape index (κ2) is 5.67. The number of aromatic nitrogens is 2. The number of carbonyl (C=O) groups excluding carboxylic acids is 1. The average Bonchev–Trinajstić information content (AvgIpc) is 2.54. The van der Waals surface area contributed by atoms with Gasteiger partial charge in [0.05, 0.1) is 23.7 Å². The summed E-state index contributed by atoms with van der Waals surface area (Å²) in [5.74, 6) is -0.0628. The zero-order chi connectivity index (χ0) is 13.0. The Bertz CT molecular complexity index is 400. The van der Waals surface area contributed by atoms with Crippen LogP contribution in [0.5, 0.6) is 0 Å². The van der Waals surface area contributed by atoms with E-state index in [1.165, 1.54) is 0 Å². The molecule has 1 amide bonds. The molecule has 0 aliphatic heterocycles. The summed E-state index contributed by atoms with van der Waals surface area (Å²) < 4.78 is 1.60. The Hall–Kier alpha value is -1.56. The largest absolute Gasteiger partial charge is 0.396 e. The highest BCUT2D eigenvalue weighted by Crippen LogP contribution is 2.14. The van der Waals surface area contributed by atoms with E-state index in [2.05, 4.69) is 5.10 Å². The number of amides is 1. The van der Waals surface area contributed by atoms with Gasteiger partial charge >= 0.3 is 0 Å². The Morgan fingerprint density at radius 3 is 2.59 bits per heavy atom. The van der Waals surface area contributed by atoms with Crippen molar-refractivity contribution >= 4 is 11.6 Å². The first-order chi connectivity index (χ1) is 8.01. The lowest BCUT2D eigenvalue weighted by molar-refractivity contribution is -0.132. The summed E-state index contributed by atoms with van der Waals surface area (Å²) in [6.45, 7) is 6.59. The molecule has 0 fully saturated rings. The van der Waals surface area contributed by atoms with E-state index in [0.717, 1.165) is 11.4 Å². The van der Waals surface area contributed by atoms with Crippen LogP contribution in [-0.2, 0) is 11.3 Å². The number of nitrogen functional groups attached to an aromatic ring is 1. The van der Waals surface area contributed by atoms with Crippen molar-refractivity contribution in [3.05, 3.63) is 11.4 Å². The van der Waals surface area contributed by atoms with Gasteiger partial charge in [-0.15, -0.1) is 0 Å². The Morgan fingerprint density at radius 2 is 2.18 bits per heavy atom. The summed E-state index contributed by atoms with van der Waals surface area (Å²) in [5, 5.41) is 13.1. The van der Waals surface area contributed by atoms with E-state index in [9.17, 15) is 4.79 Å². The SMILES string of the molecule is CCN(CCO)C(=O)Cn1nc(C)c(N)c1C. The van der Waals surface area contributed by atoms with Crippen LogP contribution in [0.15, 0.2) is 0 Å². The van der Waals surface area contributed by atoms with Gasteiger partial charge in [0.25, 0.3) is 0 Å². The number of rotatable bonds is 5. The molecule has 0 saturated carbocycles. The van der Waals surface area contributed by atoms with Gasteiger partial charge in [-0.3, -0.25) is 9.48 Å². The number of aliphatic hydroxyl groups excluding tert-OH is 1. The van der Waals surface area contributed by atoms with E-state index in [1.807, 2.05) is 20.8 Å². The Kier molecular flexibility index (Phi) is 4.51. The number of anilines is 1. The number of carbonyl (C=O) groups is 1. The molecule has 0 unspecified atom stereocenters. The number of aliphatic hydroxyl groups is 1. The smallest absolute Gasteiger partial charge is 0.244 e. The van der Waals surface area contributed by atoms with Crippen molar-refractivity contribution in [2.45, 2.75) is 27.3 Å². The second-order valence-corrected chi connectivity index (χ2v) is 3.94. The predicted octanol–water partition coefficient (Wildman–Crippen LogP) is -0.0771. The van der Waals surface area contributed by atoms with Crippen molar-refractivity contribution in [2.24, 2.45) is 0 Å². The quantitative estimate of drug-likeness (QED) is 0.754. The molecule has 6 heteroatoms. The van der Waals surface area contributed by atoms with Crippen molar-refractivity contribution in [3.63, 3.8) is 0 Å². The highest BCUT2D eigenvalue weighted by atomic mass is 16.3. The van der Waals surface area contributed by atoms with Gasteiger partial charge in [0.1, 0.15) is 6.54 Å². The molecular weight excluding hydrogens is 220 g/mol. The normalized spacial score (nSPS) is 10.6. The van der Waals surface area contributed by atoms with Crippen LogP contribution in [-0.4, -0.2) is 45.4 Å². The van der Waals surface area contributed by atoms with Gasteiger partial charge in [-0.2, -0.15) is 5.10 Å². The molecule has 6 nitrogen and oxygen atoms in total. The lowest BCUT2D eigenvalue weighted by atomic mass is 10.3. The summed E-state index contributed by atoms with van der Waals surface area (Å²) in [6, 6.07) is 0. The van der Waals surface area contributed by atoms with Gasteiger partial charge in [0.15, 0.2) is 0 Å². The van der Waals surface area contributed by atoms with E-state index in [1.54, 1.807) is 9.58 Å². The highest BCUT2D eigenvalue weighted by molar-refractivity contribution is 5.76. The Balaban J connectivity index is 2.76. The Labute approximate surface area is 101 Å². The van der Waals surface area contributed by atoms with Crippen molar-refractivity contribution in [1.82, 2.24) is 14.7 Å². The van der Waals surface area contributed by atoms with Crippen LogP contribution < -0.4 is 5.73 Å². The molecule has 0 aliphatic carbocycles. The molecule has 0 aromatic carbocycles. The standard InChI is InChI=1S/C11H20N4O2/c1-4-14(5-6-16)10(17)7-15-9(3)11(12)8(2)13-15/h16H,4-7,12H2,1-3H3. The monoisotopic (exact) mass is 240 g/mol. The molecule has 3 N–H and O–H groups in total. The van der Waals surface area contributed by atoms with Crippen LogP contribution in [0.4, 0.5) is 5.69 Å². The lowest BCUT2D eigenvalue weighted by Crippen LogP contribution is -2.36. The van der Waals surface area contributed by atoms with E-state index < -0.39 is 0 Å². The van der Waals surface area contributed by atoms with E-state index in [0.29, 0.717) is 18.8 Å². The number of aryl methyl sites for hydroxylation is 1. The first kappa shape index (κ1) is 13.5. The molecule has 1 aromatic rings. The average molecular weight is 240 g/mol. The Morgan fingerprint density at radius 1 is 1.53 bits per heavy atom. The van der Waals surface area contributed by atoms with E-state index >= 15 is 0 Å². The molecule has 0 spiro atoms. The molecule has 0 radical (unpaired) electrons. The molecule has 0 saturated heterocycles. The first-order valence-electron chi connectivity index (χ1n) is 5.69. The maximum Gasteiger partial charge on any atom is 0.244 e. The summed E-state index contributed by atoms with van der Waals surface area (Å²) in [6.07, 6.45) is 0. The fourth-order valence-electron chi connectivity index (χ4n) is 1.67. The second-order valence-electron chi connectivity index (χ2n) is 3.94. The first-order valence-corrected chi connectivity index (χ1v) is 5.69. The predicted molar refractivity (Wildman–Crippen MR) is 65.5 cm³/mol. The van der Waals surface area contributed by atoms with Gasteiger partial charge in [-0.25, -0.2) is 0 Å². The minimum Gasteiger partial charge on any atom is -0.396 e. The molecule has 0 atom stereocenters. The molecule has 0 bridgehead atoms. The summed E-state index contributed by atoms with van der Waals surface area (Å²) in [4.78, 5) is 13.5. The minimum absolute atomic E-state index is 0.0289. The van der Waals surface area contributed by atoms with Crippen LogP contribution in [0, 0.1) is 13.8 Å². The van der Waals surface area contributed by atoms with Gasteiger partial charge in [0.2, 0.25) is 5.91 Å². The van der Waals surface area contributed by atoms with E-state index in [-0.39, 0.29) is 19.1 Å². The van der Waals surface area contributed by atoms with Gasteiger partial charge in [-0.05, 0) is 20.8 Å². The lowest BCUT2D eigenvalue weighted by Gasteiger charge is -2.19. The van der Waals surface area contributed by atoms with Gasteiger partial charge in [-0.1, -0.05) is 0 Å². The molecule has 1 aromatic heterocycles. The maximum atomic E-state index is 11.9. The van der Waals surface area contributed by atoms with Crippen LogP contribution in [0.2, 0.25) is 0 Å². The highest BCUT2D eigenvalue weighted by Gasteiger charge is 2.15. The van der Waals surface area contributed by atoms with Crippen LogP contribution in [0.25, 0.3) is 0 Å².